The number of amides is 1. The van der Waals surface area contributed by atoms with E-state index in [0.717, 1.165) is 11.1 Å². The number of nitrogens with zero attached hydrogens (tertiary/aromatic N) is 3. The normalized spacial score (nSPS) is 10.7. The number of benzene rings is 2. The van der Waals surface area contributed by atoms with Crippen molar-refractivity contribution in [2.45, 2.75) is 13.1 Å². The van der Waals surface area contributed by atoms with E-state index in [9.17, 15) is 4.79 Å². The molecule has 2 heterocycles. The maximum absolute atomic E-state index is 12.3. The van der Waals surface area contributed by atoms with E-state index in [4.69, 9.17) is 4.42 Å². The average Bonchev–Trinajstić information content (AvgIpc) is 3.37. The molecule has 0 unspecified atom stereocenters. The Labute approximate surface area is 156 Å². The van der Waals surface area contributed by atoms with Crippen LogP contribution in [0, 0.1) is 0 Å². The quantitative estimate of drug-likeness (QED) is 0.572. The van der Waals surface area contributed by atoms with E-state index in [2.05, 4.69) is 15.5 Å². The molecule has 0 saturated carbocycles. The minimum absolute atomic E-state index is 0.0842. The Hall–Kier alpha value is -3.67. The van der Waals surface area contributed by atoms with Crippen molar-refractivity contribution in [3.63, 3.8) is 0 Å². The molecule has 0 aliphatic rings. The SMILES string of the molecule is O=C(Cn1cccc1-c1nnc(-c2ccccc2)o1)NCc1ccccc1. The molecule has 4 aromatic rings. The third kappa shape index (κ3) is 3.95. The van der Waals surface area contributed by atoms with Gasteiger partial charge in [-0.05, 0) is 29.8 Å². The van der Waals surface area contributed by atoms with Gasteiger partial charge in [-0.15, -0.1) is 10.2 Å². The summed E-state index contributed by atoms with van der Waals surface area (Å²) in [7, 11) is 0. The zero-order chi connectivity index (χ0) is 18.5. The van der Waals surface area contributed by atoms with Crippen molar-refractivity contribution in [3.05, 3.63) is 84.6 Å². The molecule has 2 aromatic heterocycles. The summed E-state index contributed by atoms with van der Waals surface area (Å²) in [5, 5.41) is 11.2. The topological polar surface area (TPSA) is 73.0 Å². The zero-order valence-corrected chi connectivity index (χ0v) is 14.6. The van der Waals surface area contributed by atoms with Crippen LogP contribution in [0.15, 0.2) is 83.4 Å². The Bertz CT molecular complexity index is 1020. The van der Waals surface area contributed by atoms with Gasteiger partial charge >= 0.3 is 0 Å². The van der Waals surface area contributed by atoms with Crippen molar-refractivity contribution < 1.29 is 9.21 Å². The summed E-state index contributed by atoms with van der Waals surface area (Å²) in [5.74, 6) is 0.751. The Kier molecular flexibility index (Phi) is 4.78. The molecule has 1 amide bonds. The summed E-state index contributed by atoms with van der Waals surface area (Å²) in [4.78, 5) is 12.3. The highest BCUT2D eigenvalue weighted by Gasteiger charge is 2.15. The van der Waals surface area contributed by atoms with Gasteiger partial charge in [-0.1, -0.05) is 48.5 Å². The molecule has 6 heteroatoms. The molecule has 134 valence electrons. The van der Waals surface area contributed by atoms with Crippen LogP contribution in [0.4, 0.5) is 0 Å². The van der Waals surface area contributed by atoms with E-state index >= 15 is 0 Å². The van der Waals surface area contributed by atoms with Crippen LogP contribution in [-0.2, 0) is 17.9 Å². The number of hydrogen-bond acceptors (Lipinski definition) is 4. The molecule has 2 aromatic carbocycles. The van der Waals surface area contributed by atoms with Crippen LogP contribution in [-0.4, -0.2) is 20.7 Å². The maximum atomic E-state index is 12.3. The fourth-order valence-corrected chi connectivity index (χ4v) is 2.78. The first-order valence-electron chi connectivity index (χ1n) is 8.64. The molecule has 6 nitrogen and oxygen atoms in total. The summed E-state index contributed by atoms with van der Waals surface area (Å²) in [6.07, 6.45) is 1.82. The minimum atomic E-state index is -0.0842. The summed E-state index contributed by atoms with van der Waals surface area (Å²) >= 11 is 0. The maximum Gasteiger partial charge on any atom is 0.264 e. The van der Waals surface area contributed by atoms with Gasteiger partial charge in [0, 0.05) is 18.3 Å². The van der Waals surface area contributed by atoms with Gasteiger partial charge < -0.3 is 14.3 Å². The van der Waals surface area contributed by atoms with Gasteiger partial charge in [0.1, 0.15) is 12.2 Å². The summed E-state index contributed by atoms with van der Waals surface area (Å²) in [6.45, 7) is 0.674. The van der Waals surface area contributed by atoms with Gasteiger partial charge in [0.05, 0.1) is 0 Å². The van der Waals surface area contributed by atoms with Gasteiger partial charge in [0.2, 0.25) is 11.8 Å². The highest BCUT2D eigenvalue weighted by molar-refractivity contribution is 5.76. The second-order valence-electron chi connectivity index (χ2n) is 6.06. The molecular formula is C21H18N4O2. The molecule has 0 radical (unpaired) electrons. The first-order valence-corrected chi connectivity index (χ1v) is 8.64. The molecule has 0 aliphatic heterocycles. The highest BCUT2D eigenvalue weighted by Crippen LogP contribution is 2.24. The second-order valence-corrected chi connectivity index (χ2v) is 6.06. The van der Waals surface area contributed by atoms with Crippen LogP contribution in [0.5, 0.6) is 0 Å². The smallest absolute Gasteiger partial charge is 0.264 e. The Morgan fingerprint density at radius 2 is 1.59 bits per heavy atom. The monoisotopic (exact) mass is 358 g/mol. The zero-order valence-electron chi connectivity index (χ0n) is 14.6. The van der Waals surface area contributed by atoms with Crippen molar-refractivity contribution in [3.8, 4) is 23.0 Å². The lowest BCUT2D eigenvalue weighted by atomic mass is 10.2. The van der Waals surface area contributed by atoms with E-state index in [1.807, 2.05) is 79.0 Å². The summed E-state index contributed by atoms with van der Waals surface area (Å²) in [6, 6.07) is 23.1. The van der Waals surface area contributed by atoms with E-state index < -0.39 is 0 Å². The second kappa shape index (κ2) is 7.70. The molecule has 0 bridgehead atoms. The van der Waals surface area contributed by atoms with Crippen molar-refractivity contribution in [2.24, 2.45) is 0 Å². The van der Waals surface area contributed by atoms with Crippen LogP contribution in [0.1, 0.15) is 5.56 Å². The predicted molar refractivity (Wildman–Crippen MR) is 101 cm³/mol. The first kappa shape index (κ1) is 16.8. The lowest BCUT2D eigenvalue weighted by Gasteiger charge is -2.08. The fourth-order valence-electron chi connectivity index (χ4n) is 2.78. The first-order chi connectivity index (χ1) is 13.3. The number of rotatable bonds is 6. The van der Waals surface area contributed by atoms with Crippen molar-refractivity contribution in [1.82, 2.24) is 20.1 Å². The molecular weight excluding hydrogens is 340 g/mol. The molecule has 1 N–H and O–H groups in total. The van der Waals surface area contributed by atoms with E-state index in [1.54, 1.807) is 4.57 Å². The van der Waals surface area contributed by atoms with Crippen LogP contribution in [0.25, 0.3) is 23.0 Å². The number of carbonyl (C=O) groups is 1. The van der Waals surface area contributed by atoms with Crippen LogP contribution in [0.2, 0.25) is 0 Å². The van der Waals surface area contributed by atoms with Gasteiger partial charge in [0.15, 0.2) is 0 Å². The molecule has 0 saturated heterocycles. The van der Waals surface area contributed by atoms with Gasteiger partial charge in [0.25, 0.3) is 5.89 Å². The van der Waals surface area contributed by atoms with Gasteiger partial charge in [-0.3, -0.25) is 4.79 Å². The van der Waals surface area contributed by atoms with E-state index in [0.29, 0.717) is 24.0 Å². The van der Waals surface area contributed by atoms with Crippen LogP contribution < -0.4 is 5.32 Å². The lowest BCUT2D eigenvalue weighted by Crippen LogP contribution is -2.27. The highest BCUT2D eigenvalue weighted by atomic mass is 16.4. The van der Waals surface area contributed by atoms with Gasteiger partial charge in [-0.2, -0.15) is 0 Å². The summed E-state index contributed by atoms with van der Waals surface area (Å²) in [5.41, 5.74) is 2.62. The van der Waals surface area contributed by atoms with Crippen LogP contribution >= 0.6 is 0 Å². The lowest BCUT2D eigenvalue weighted by molar-refractivity contribution is -0.121. The largest absolute Gasteiger partial charge is 0.415 e. The van der Waals surface area contributed by atoms with Crippen molar-refractivity contribution in [1.29, 1.82) is 0 Å². The Morgan fingerprint density at radius 3 is 2.37 bits per heavy atom. The van der Waals surface area contributed by atoms with Crippen molar-refractivity contribution >= 4 is 5.91 Å². The standard InChI is InChI=1S/C21H18N4O2/c26-19(22-14-16-8-3-1-4-9-16)15-25-13-7-12-18(25)21-24-23-20(27-21)17-10-5-2-6-11-17/h1-13H,14-15H2,(H,22,26). The molecule has 0 fully saturated rings. The molecule has 0 atom stereocenters. The van der Waals surface area contributed by atoms with E-state index in [1.165, 1.54) is 0 Å². The number of carbonyl (C=O) groups excluding carboxylic acids is 1. The van der Waals surface area contributed by atoms with Gasteiger partial charge in [-0.25, -0.2) is 0 Å². The molecule has 0 spiro atoms. The molecule has 0 aliphatic carbocycles. The fraction of sp³-hybridized carbons (Fsp3) is 0.0952. The minimum Gasteiger partial charge on any atom is -0.415 e. The summed E-state index contributed by atoms with van der Waals surface area (Å²) < 4.78 is 7.59. The number of nitrogens with one attached hydrogen (secondary N) is 1. The van der Waals surface area contributed by atoms with Crippen molar-refractivity contribution in [2.75, 3.05) is 0 Å². The number of aromatic nitrogens is 3. The molecule has 4 rings (SSSR count). The third-order valence-electron chi connectivity index (χ3n) is 4.14. The van der Waals surface area contributed by atoms with E-state index in [-0.39, 0.29) is 12.5 Å². The predicted octanol–water partition coefficient (Wildman–Crippen LogP) is 3.52. The Morgan fingerprint density at radius 1 is 0.889 bits per heavy atom. The third-order valence-corrected chi connectivity index (χ3v) is 4.14. The molecule has 27 heavy (non-hydrogen) atoms. The Balaban J connectivity index is 1.45. The average molecular weight is 358 g/mol. The van der Waals surface area contributed by atoms with Crippen LogP contribution in [0.3, 0.4) is 0 Å². The number of hydrogen-bond donors (Lipinski definition) is 1.